The summed E-state index contributed by atoms with van der Waals surface area (Å²) in [6.45, 7) is 7.15. The smallest absolute Gasteiger partial charge is 0.269 e. The SMILES string of the molecule is CCN(CC)CCCn1c(=O)/c(=C/c2ccc(F)cc2F)s/c1=C1\C(=O)Nc2ccc(Cl)cc21. The number of hydrogen-bond acceptors (Lipinski definition) is 4. The molecule has 1 aromatic heterocycles. The molecule has 1 aliphatic heterocycles. The molecule has 3 aromatic rings. The van der Waals surface area contributed by atoms with Crippen molar-refractivity contribution in [1.29, 1.82) is 0 Å². The maximum atomic E-state index is 14.3. The highest BCUT2D eigenvalue weighted by molar-refractivity contribution is 7.07. The van der Waals surface area contributed by atoms with Crippen LogP contribution in [0.15, 0.2) is 41.2 Å². The monoisotopic (exact) mass is 503 g/mol. The minimum absolute atomic E-state index is 0.103. The second-order valence-corrected chi connectivity index (χ2v) is 9.40. The largest absolute Gasteiger partial charge is 0.321 e. The summed E-state index contributed by atoms with van der Waals surface area (Å²) in [5, 5.41) is 3.30. The molecule has 2 aromatic carbocycles. The quantitative estimate of drug-likeness (QED) is 0.536. The number of fused-ring (bicyclic) bond motifs is 1. The van der Waals surface area contributed by atoms with Gasteiger partial charge in [-0.15, -0.1) is 11.3 Å². The van der Waals surface area contributed by atoms with Crippen molar-refractivity contribution >= 4 is 46.2 Å². The van der Waals surface area contributed by atoms with Crippen molar-refractivity contribution in [1.82, 2.24) is 9.47 Å². The number of benzene rings is 2. The van der Waals surface area contributed by atoms with Crippen molar-refractivity contribution in [3.05, 3.63) is 83.7 Å². The Morgan fingerprint density at radius 1 is 1.12 bits per heavy atom. The second-order valence-electron chi connectivity index (χ2n) is 7.94. The molecular formula is C25H24ClF2N3O2S. The number of thiazole rings is 1. The molecule has 0 radical (unpaired) electrons. The third-order valence-electron chi connectivity index (χ3n) is 5.85. The van der Waals surface area contributed by atoms with Crippen LogP contribution in [-0.2, 0) is 11.3 Å². The first-order valence-electron chi connectivity index (χ1n) is 11.1. The number of rotatable bonds is 7. The average Bonchev–Trinajstić information content (AvgIpc) is 3.28. The third kappa shape index (κ3) is 4.85. The number of amides is 1. The summed E-state index contributed by atoms with van der Waals surface area (Å²) in [6, 6.07) is 8.31. The van der Waals surface area contributed by atoms with Crippen LogP contribution in [0.2, 0.25) is 5.02 Å². The third-order valence-corrected chi connectivity index (χ3v) is 7.21. The van der Waals surface area contributed by atoms with E-state index in [9.17, 15) is 18.4 Å². The predicted molar refractivity (Wildman–Crippen MR) is 133 cm³/mol. The van der Waals surface area contributed by atoms with Crippen molar-refractivity contribution in [3.63, 3.8) is 0 Å². The molecule has 0 unspecified atom stereocenters. The Kier molecular flexibility index (Phi) is 7.30. The molecule has 5 nitrogen and oxygen atoms in total. The molecule has 4 rings (SSSR count). The normalized spacial score (nSPS) is 15.2. The molecular weight excluding hydrogens is 480 g/mol. The topological polar surface area (TPSA) is 54.3 Å². The number of nitrogens with zero attached hydrogens (tertiary/aromatic N) is 2. The summed E-state index contributed by atoms with van der Waals surface area (Å²) in [5.41, 5.74) is 1.39. The Balaban J connectivity index is 1.91. The zero-order valence-corrected chi connectivity index (χ0v) is 20.4. The molecule has 178 valence electrons. The van der Waals surface area contributed by atoms with Crippen molar-refractivity contribution in [3.8, 4) is 0 Å². The van der Waals surface area contributed by atoms with E-state index in [2.05, 4.69) is 24.1 Å². The van der Waals surface area contributed by atoms with Gasteiger partial charge in [0.15, 0.2) is 0 Å². The zero-order chi connectivity index (χ0) is 24.4. The average molecular weight is 504 g/mol. The van der Waals surface area contributed by atoms with Crippen LogP contribution in [-0.4, -0.2) is 35.0 Å². The molecule has 1 amide bonds. The summed E-state index contributed by atoms with van der Waals surface area (Å²) in [6.07, 6.45) is 2.10. The molecule has 0 saturated heterocycles. The van der Waals surface area contributed by atoms with Gasteiger partial charge in [0, 0.05) is 34.4 Å². The maximum absolute atomic E-state index is 14.3. The first kappa shape index (κ1) is 24.3. The number of hydrogen-bond donors (Lipinski definition) is 1. The molecule has 34 heavy (non-hydrogen) atoms. The fourth-order valence-electron chi connectivity index (χ4n) is 4.01. The Hall–Kier alpha value is -2.81. The molecule has 0 fully saturated rings. The molecule has 0 aliphatic carbocycles. The molecule has 9 heteroatoms. The lowest BCUT2D eigenvalue weighted by Crippen LogP contribution is -2.34. The van der Waals surface area contributed by atoms with Crippen molar-refractivity contribution in [2.45, 2.75) is 26.8 Å². The van der Waals surface area contributed by atoms with Gasteiger partial charge in [-0.25, -0.2) is 8.78 Å². The number of aromatic nitrogens is 1. The minimum atomic E-state index is -0.758. The highest BCUT2D eigenvalue weighted by Crippen LogP contribution is 2.32. The van der Waals surface area contributed by atoms with E-state index in [0.717, 1.165) is 43.1 Å². The Morgan fingerprint density at radius 3 is 2.59 bits per heavy atom. The lowest BCUT2D eigenvalue weighted by atomic mass is 10.1. The van der Waals surface area contributed by atoms with Gasteiger partial charge < -0.3 is 10.2 Å². The number of carbonyl (C=O) groups is 1. The van der Waals surface area contributed by atoms with E-state index in [4.69, 9.17) is 11.6 Å². The van der Waals surface area contributed by atoms with E-state index in [-0.39, 0.29) is 21.6 Å². The van der Waals surface area contributed by atoms with E-state index in [0.29, 0.717) is 39.5 Å². The standard InChI is InChI=1S/C25H24ClF2N3O2S/c1-3-30(4-2)10-5-11-31-24(33)21(12-15-6-8-17(27)14-19(15)28)34-25(31)22-18-13-16(26)7-9-20(18)29-23(22)32/h6-9,12-14H,3-5,10-11H2,1-2H3,(H,29,32)/b21-12-,25-22-. The molecule has 1 N–H and O–H groups in total. The fraction of sp³-hybridized carbons (Fsp3) is 0.280. The van der Waals surface area contributed by atoms with Gasteiger partial charge in [-0.2, -0.15) is 0 Å². The molecule has 0 atom stereocenters. The first-order valence-corrected chi connectivity index (χ1v) is 12.3. The van der Waals surface area contributed by atoms with E-state index < -0.39 is 11.6 Å². The van der Waals surface area contributed by atoms with Crippen LogP contribution < -0.4 is 20.1 Å². The number of carbonyl (C=O) groups excluding carboxylic acids is 1. The number of halogens is 3. The van der Waals surface area contributed by atoms with Crippen LogP contribution in [0, 0.1) is 11.6 Å². The molecule has 2 heterocycles. The van der Waals surface area contributed by atoms with Gasteiger partial charge in [-0.05, 0) is 62.5 Å². The van der Waals surface area contributed by atoms with E-state index in [1.165, 1.54) is 12.1 Å². The summed E-state index contributed by atoms with van der Waals surface area (Å²) >= 11 is 7.30. The van der Waals surface area contributed by atoms with Gasteiger partial charge in [-0.3, -0.25) is 14.2 Å². The second kappa shape index (κ2) is 10.2. The highest BCUT2D eigenvalue weighted by atomic mass is 35.5. The van der Waals surface area contributed by atoms with Gasteiger partial charge in [0.2, 0.25) is 0 Å². The number of anilines is 1. The Morgan fingerprint density at radius 2 is 1.88 bits per heavy atom. The molecule has 0 spiro atoms. The van der Waals surface area contributed by atoms with Crippen molar-refractivity contribution < 1.29 is 13.6 Å². The van der Waals surface area contributed by atoms with E-state index >= 15 is 0 Å². The van der Waals surface area contributed by atoms with Gasteiger partial charge in [0.25, 0.3) is 11.5 Å². The summed E-state index contributed by atoms with van der Waals surface area (Å²) in [7, 11) is 0. The molecule has 0 saturated carbocycles. The molecule has 0 bridgehead atoms. The Bertz CT molecular complexity index is 1430. The fourth-order valence-corrected chi connectivity index (χ4v) is 5.37. The lowest BCUT2D eigenvalue weighted by molar-refractivity contribution is -0.110. The van der Waals surface area contributed by atoms with Crippen molar-refractivity contribution in [2.24, 2.45) is 0 Å². The van der Waals surface area contributed by atoms with Crippen LogP contribution >= 0.6 is 22.9 Å². The number of nitrogens with one attached hydrogen (secondary N) is 1. The van der Waals surface area contributed by atoms with Crippen LogP contribution in [0.1, 0.15) is 31.4 Å². The summed E-state index contributed by atoms with van der Waals surface area (Å²) in [5.74, 6) is -1.77. The van der Waals surface area contributed by atoms with E-state index in [1.807, 2.05) is 0 Å². The van der Waals surface area contributed by atoms with Crippen LogP contribution in [0.4, 0.5) is 14.5 Å². The summed E-state index contributed by atoms with van der Waals surface area (Å²) < 4.78 is 29.9. The van der Waals surface area contributed by atoms with Gasteiger partial charge >= 0.3 is 0 Å². The lowest BCUT2D eigenvalue weighted by Gasteiger charge is -2.17. The Labute approximate surface area is 204 Å². The predicted octanol–water partition coefficient (Wildman–Crippen LogP) is 3.55. The zero-order valence-electron chi connectivity index (χ0n) is 18.8. The van der Waals surface area contributed by atoms with Crippen LogP contribution in [0.5, 0.6) is 0 Å². The van der Waals surface area contributed by atoms with Gasteiger partial charge in [-0.1, -0.05) is 25.4 Å². The molecule has 1 aliphatic rings. The van der Waals surface area contributed by atoms with Crippen LogP contribution in [0.25, 0.3) is 11.6 Å². The van der Waals surface area contributed by atoms with Gasteiger partial charge in [0.1, 0.15) is 16.3 Å². The van der Waals surface area contributed by atoms with Crippen molar-refractivity contribution in [2.75, 3.05) is 25.0 Å². The maximum Gasteiger partial charge on any atom is 0.269 e. The highest BCUT2D eigenvalue weighted by Gasteiger charge is 2.27. The van der Waals surface area contributed by atoms with E-state index in [1.54, 1.807) is 22.8 Å². The summed E-state index contributed by atoms with van der Waals surface area (Å²) in [4.78, 5) is 28.6. The van der Waals surface area contributed by atoms with Crippen LogP contribution in [0.3, 0.4) is 0 Å². The first-order chi connectivity index (χ1) is 16.3. The van der Waals surface area contributed by atoms with Gasteiger partial charge in [0.05, 0.1) is 10.1 Å². The minimum Gasteiger partial charge on any atom is -0.321 e.